The molecule has 1 aromatic carbocycles. The van der Waals surface area contributed by atoms with Gasteiger partial charge in [-0.1, -0.05) is 30.7 Å². The van der Waals surface area contributed by atoms with Crippen molar-refractivity contribution >= 4 is 23.6 Å². The van der Waals surface area contributed by atoms with Crippen molar-refractivity contribution in [3.63, 3.8) is 0 Å². The largest absolute Gasteiger partial charge is 0.396 e. The van der Waals surface area contributed by atoms with E-state index >= 15 is 0 Å². The Balaban J connectivity index is 2.25. The Hall–Kier alpha value is -1.32. The van der Waals surface area contributed by atoms with E-state index in [-0.39, 0.29) is 12.5 Å². The lowest BCUT2D eigenvalue weighted by atomic mass is 10.1. The number of rotatable bonds is 7. The van der Waals surface area contributed by atoms with Crippen molar-refractivity contribution in [3.8, 4) is 0 Å². The molecule has 0 aliphatic rings. The van der Waals surface area contributed by atoms with E-state index in [2.05, 4.69) is 5.32 Å². The SMILES string of the molecule is CC(CO)CCCNC(=O)/C=C/c1ccc(Cl)cc1. The van der Waals surface area contributed by atoms with Gasteiger partial charge in [-0.3, -0.25) is 4.79 Å². The van der Waals surface area contributed by atoms with Gasteiger partial charge >= 0.3 is 0 Å². The standard InChI is InChI=1S/C15H20ClNO2/c1-12(11-18)3-2-10-17-15(19)9-6-13-4-7-14(16)8-5-13/h4-9,12,18H,2-3,10-11H2,1H3,(H,17,19)/b9-6+. The minimum absolute atomic E-state index is 0.105. The first-order valence-corrected chi connectivity index (χ1v) is 6.82. The maximum absolute atomic E-state index is 11.5. The third-order valence-electron chi connectivity index (χ3n) is 2.78. The quantitative estimate of drug-likeness (QED) is 0.596. The third kappa shape index (κ3) is 6.99. The van der Waals surface area contributed by atoms with Gasteiger partial charge in [0, 0.05) is 24.3 Å². The molecule has 0 aliphatic carbocycles. The summed E-state index contributed by atoms with van der Waals surface area (Å²) in [4.78, 5) is 11.5. The van der Waals surface area contributed by atoms with Crippen LogP contribution in [-0.2, 0) is 4.79 Å². The number of nitrogens with one attached hydrogen (secondary N) is 1. The highest BCUT2D eigenvalue weighted by molar-refractivity contribution is 6.30. The molecular formula is C15H20ClNO2. The minimum Gasteiger partial charge on any atom is -0.396 e. The highest BCUT2D eigenvalue weighted by atomic mass is 35.5. The number of benzene rings is 1. The molecule has 19 heavy (non-hydrogen) atoms. The molecular weight excluding hydrogens is 262 g/mol. The Morgan fingerprint density at radius 3 is 2.74 bits per heavy atom. The zero-order valence-corrected chi connectivity index (χ0v) is 11.9. The number of aliphatic hydroxyl groups excluding tert-OH is 1. The van der Waals surface area contributed by atoms with Crippen LogP contribution < -0.4 is 5.32 Å². The van der Waals surface area contributed by atoms with Gasteiger partial charge in [0.1, 0.15) is 0 Å². The molecule has 104 valence electrons. The summed E-state index contributed by atoms with van der Waals surface area (Å²) in [6.07, 6.45) is 5.06. The molecule has 0 spiro atoms. The Labute approximate surface area is 119 Å². The summed E-state index contributed by atoms with van der Waals surface area (Å²) in [5.41, 5.74) is 0.938. The van der Waals surface area contributed by atoms with Gasteiger partial charge in [0.15, 0.2) is 0 Å². The number of halogens is 1. The van der Waals surface area contributed by atoms with Crippen molar-refractivity contribution in [1.82, 2.24) is 5.32 Å². The van der Waals surface area contributed by atoms with Crippen molar-refractivity contribution in [3.05, 3.63) is 40.9 Å². The highest BCUT2D eigenvalue weighted by Gasteiger charge is 2.00. The fourth-order valence-corrected chi connectivity index (χ4v) is 1.68. The predicted molar refractivity (Wildman–Crippen MR) is 79.0 cm³/mol. The topological polar surface area (TPSA) is 49.3 Å². The van der Waals surface area contributed by atoms with Gasteiger partial charge < -0.3 is 10.4 Å². The lowest BCUT2D eigenvalue weighted by Crippen LogP contribution is -2.22. The zero-order valence-electron chi connectivity index (χ0n) is 11.1. The second-order valence-electron chi connectivity index (χ2n) is 4.61. The first-order chi connectivity index (χ1) is 9.11. The van der Waals surface area contributed by atoms with E-state index in [1.165, 1.54) is 6.08 Å². The molecule has 0 bridgehead atoms. The Morgan fingerprint density at radius 1 is 1.42 bits per heavy atom. The van der Waals surface area contributed by atoms with Crippen LogP contribution in [0.2, 0.25) is 5.02 Å². The van der Waals surface area contributed by atoms with Gasteiger partial charge in [0.25, 0.3) is 0 Å². The molecule has 3 nitrogen and oxygen atoms in total. The molecule has 0 radical (unpaired) electrons. The summed E-state index contributed by atoms with van der Waals surface area (Å²) >= 11 is 5.78. The summed E-state index contributed by atoms with van der Waals surface area (Å²) in [6.45, 7) is 2.82. The molecule has 1 rings (SSSR count). The second-order valence-corrected chi connectivity index (χ2v) is 5.04. The maximum Gasteiger partial charge on any atom is 0.243 e. The zero-order chi connectivity index (χ0) is 14.1. The van der Waals surface area contributed by atoms with E-state index in [0.29, 0.717) is 17.5 Å². The summed E-state index contributed by atoms with van der Waals surface area (Å²) in [7, 11) is 0. The van der Waals surface area contributed by atoms with Gasteiger partial charge in [0.05, 0.1) is 0 Å². The van der Waals surface area contributed by atoms with Crippen LogP contribution in [0.25, 0.3) is 6.08 Å². The number of carbonyl (C=O) groups excluding carboxylic acids is 1. The maximum atomic E-state index is 11.5. The lowest BCUT2D eigenvalue weighted by Gasteiger charge is -2.07. The summed E-state index contributed by atoms with van der Waals surface area (Å²) < 4.78 is 0. The van der Waals surface area contributed by atoms with Crippen molar-refractivity contribution in [2.75, 3.05) is 13.2 Å². The number of carbonyl (C=O) groups is 1. The van der Waals surface area contributed by atoms with Crippen LogP contribution in [0.5, 0.6) is 0 Å². The Kier molecular flexibility index (Phi) is 7.23. The van der Waals surface area contributed by atoms with Crippen molar-refractivity contribution < 1.29 is 9.90 Å². The predicted octanol–water partition coefficient (Wildman–Crippen LogP) is 2.88. The van der Waals surface area contributed by atoms with Crippen LogP contribution in [0, 0.1) is 5.92 Å². The molecule has 0 saturated heterocycles. The summed E-state index contributed by atoms with van der Waals surface area (Å²) in [5.74, 6) is 0.188. The Morgan fingerprint density at radius 2 is 2.11 bits per heavy atom. The van der Waals surface area contributed by atoms with E-state index in [1.54, 1.807) is 18.2 Å². The number of hydrogen-bond donors (Lipinski definition) is 2. The third-order valence-corrected chi connectivity index (χ3v) is 3.03. The van der Waals surface area contributed by atoms with Crippen LogP contribution in [0.1, 0.15) is 25.3 Å². The smallest absolute Gasteiger partial charge is 0.243 e. The minimum atomic E-state index is -0.105. The first kappa shape index (κ1) is 15.7. The van der Waals surface area contributed by atoms with Crippen molar-refractivity contribution in [2.45, 2.75) is 19.8 Å². The molecule has 1 amide bonds. The molecule has 0 heterocycles. The molecule has 1 unspecified atom stereocenters. The Bertz CT molecular complexity index is 415. The van der Waals surface area contributed by atoms with E-state index in [9.17, 15) is 4.79 Å². The van der Waals surface area contributed by atoms with Crippen LogP contribution >= 0.6 is 11.6 Å². The summed E-state index contributed by atoms with van der Waals surface area (Å²) in [5, 5.41) is 12.4. The van der Waals surface area contributed by atoms with Crippen LogP contribution in [0.3, 0.4) is 0 Å². The van der Waals surface area contributed by atoms with Gasteiger partial charge in [-0.05, 0) is 42.5 Å². The average Bonchev–Trinajstić information content (AvgIpc) is 2.42. The molecule has 0 fully saturated rings. The normalized spacial score (nSPS) is 12.6. The van der Waals surface area contributed by atoms with Gasteiger partial charge in [0.2, 0.25) is 5.91 Å². The fraction of sp³-hybridized carbons (Fsp3) is 0.400. The molecule has 4 heteroatoms. The molecule has 0 saturated carbocycles. The van der Waals surface area contributed by atoms with E-state index in [0.717, 1.165) is 18.4 Å². The fourth-order valence-electron chi connectivity index (χ4n) is 1.56. The number of amides is 1. The van der Waals surface area contributed by atoms with Crippen molar-refractivity contribution in [2.24, 2.45) is 5.92 Å². The second kappa shape index (κ2) is 8.73. The van der Waals surface area contributed by atoms with Crippen LogP contribution in [-0.4, -0.2) is 24.2 Å². The average molecular weight is 282 g/mol. The van der Waals surface area contributed by atoms with E-state index < -0.39 is 0 Å². The highest BCUT2D eigenvalue weighted by Crippen LogP contribution is 2.10. The summed E-state index contributed by atoms with van der Waals surface area (Å²) in [6, 6.07) is 7.29. The van der Waals surface area contributed by atoms with Gasteiger partial charge in [-0.15, -0.1) is 0 Å². The van der Waals surface area contributed by atoms with Gasteiger partial charge in [-0.2, -0.15) is 0 Å². The van der Waals surface area contributed by atoms with Gasteiger partial charge in [-0.25, -0.2) is 0 Å². The first-order valence-electron chi connectivity index (χ1n) is 6.44. The van der Waals surface area contributed by atoms with E-state index in [1.807, 2.05) is 19.1 Å². The number of aliphatic hydroxyl groups is 1. The molecule has 0 aliphatic heterocycles. The molecule has 2 N–H and O–H groups in total. The van der Waals surface area contributed by atoms with Crippen LogP contribution in [0.4, 0.5) is 0 Å². The molecule has 1 aromatic rings. The number of hydrogen-bond acceptors (Lipinski definition) is 2. The monoisotopic (exact) mass is 281 g/mol. The molecule has 1 atom stereocenters. The molecule has 0 aromatic heterocycles. The van der Waals surface area contributed by atoms with E-state index in [4.69, 9.17) is 16.7 Å². The van der Waals surface area contributed by atoms with Crippen LogP contribution in [0.15, 0.2) is 30.3 Å². The van der Waals surface area contributed by atoms with Crippen molar-refractivity contribution in [1.29, 1.82) is 0 Å². The lowest BCUT2D eigenvalue weighted by molar-refractivity contribution is -0.116.